The van der Waals surface area contributed by atoms with Crippen LogP contribution in [0.5, 0.6) is 0 Å². The van der Waals surface area contributed by atoms with Crippen molar-refractivity contribution in [3.8, 4) is 5.69 Å². The molecule has 0 fully saturated rings. The van der Waals surface area contributed by atoms with Gasteiger partial charge in [0.25, 0.3) is 0 Å². The Morgan fingerprint density at radius 1 is 1.24 bits per heavy atom. The van der Waals surface area contributed by atoms with Crippen LogP contribution in [0.2, 0.25) is 0 Å². The molecule has 1 aromatic carbocycles. The van der Waals surface area contributed by atoms with E-state index in [2.05, 4.69) is 9.97 Å². The maximum absolute atomic E-state index is 6.32. The molecule has 0 amide bonds. The van der Waals surface area contributed by atoms with Crippen molar-refractivity contribution >= 4 is 22.8 Å². The van der Waals surface area contributed by atoms with Crippen molar-refractivity contribution in [1.82, 2.24) is 14.5 Å². The van der Waals surface area contributed by atoms with Crippen molar-refractivity contribution < 1.29 is 4.74 Å². The standard InChI is InChI=1S/C16H16ClN3O/c1-11(17)15-19-13-7-5-9-18-16(13)20(15)14-8-4-3-6-12(14)10-21-2/h3-9,11H,10H2,1-2H3. The summed E-state index contributed by atoms with van der Waals surface area (Å²) in [6, 6.07) is 11.9. The number of hydrogen-bond donors (Lipinski definition) is 0. The first-order chi connectivity index (χ1) is 10.2. The zero-order valence-corrected chi connectivity index (χ0v) is 12.7. The third kappa shape index (κ3) is 2.52. The number of fused-ring (bicyclic) bond motifs is 1. The molecule has 21 heavy (non-hydrogen) atoms. The smallest absolute Gasteiger partial charge is 0.164 e. The first-order valence-electron chi connectivity index (χ1n) is 6.77. The fraction of sp³-hybridized carbons (Fsp3) is 0.250. The Balaban J connectivity index is 2.31. The summed E-state index contributed by atoms with van der Waals surface area (Å²) in [5.41, 5.74) is 3.72. The lowest BCUT2D eigenvalue weighted by Gasteiger charge is -2.14. The van der Waals surface area contributed by atoms with Crippen LogP contribution in [0.1, 0.15) is 23.7 Å². The van der Waals surface area contributed by atoms with Gasteiger partial charge in [-0.1, -0.05) is 18.2 Å². The number of benzene rings is 1. The van der Waals surface area contributed by atoms with E-state index in [1.165, 1.54) is 0 Å². The minimum absolute atomic E-state index is 0.213. The number of ether oxygens (including phenoxy) is 1. The Kier molecular flexibility index (Phi) is 3.90. The minimum Gasteiger partial charge on any atom is -0.380 e. The van der Waals surface area contributed by atoms with Crippen LogP contribution in [0.15, 0.2) is 42.6 Å². The third-order valence-corrected chi connectivity index (χ3v) is 3.53. The number of alkyl halides is 1. The molecule has 5 heteroatoms. The highest BCUT2D eigenvalue weighted by atomic mass is 35.5. The van der Waals surface area contributed by atoms with E-state index in [9.17, 15) is 0 Å². The number of hydrogen-bond acceptors (Lipinski definition) is 3. The SMILES string of the molecule is COCc1ccccc1-n1c(C(C)Cl)nc2cccnc21. The van der Waals surface area contributed by atoms with E-state index in [0.717, 1.165) is 28.2 Å². The lowest BCUT2D eigenvalue weighted by atomic mass is 10.2. The summed E-state index contributed by atoms with van der Waals surface area (Å²) < 4.78 is 7.31. The largest absolute Gasteiger partial charge is 0.380 e. The maximum atomic E-state index is 6.32. The predicted octanol–water partition coefficient (Wildman–Crippen LogP) is 3.87. The molecule has 4 nitrogen and oxygen atoms in total. The molecule has 0 saturated heterocycles. The average Bonchev–Trinajstić information content (AvgIpc) is 2.88. The van der Waals surface area contributed by atoms with Gasteiger partial charge in [0.1, 0.15) is 11.3 Å². The Morgan fingerprint density at radius 2 is 2.05 bits per heavy atom. The predicted molar refractivity (Wildman–Crippen MR) is 83.8 cm³/mol. The molecule has 3 rings (SSSR count). The molecular formula is C16H16ClN3O. The number of imidazole rings is 1. The van der Waals surface area contributed by atoms with Crippen LogP contribution in [0.4, 0.5) is 0 Å². The zero-order valence-electron chi connectivity index (χ0n) is 12.0. The first-order valence-corrected chi connectivity index (χ1v) is 7.20. The van der Waals surface area contributed by atoms with Gasteiger partial charge < -0.3 is 4.74 Å². The molecule has 0 N–H and O–H groups in total. The molecule has 2 aromatic heterocycles. The highest BCUT2D eigenvalue weighted by Crippen LogP contribution is 2.28. The second-order valence-electron chi connectivity index (χ2n) is 4.83. The van der Waals surface area contributed by atoms with Crippen LogP contribution < -0.4 is 0 Å². The summed E-state index contributed by atoms with van der Waals surface area (Å²) in [6.07, 6.45) is 1.77. The van der Waals surface area contributed by atoms with Gasteiger partial charge in [-0.25, -0.2) is 9.97 Å². The molecule has 108 valence electrons. The Morgan fingerprint density at radius 3 is 2.81 bits per heavy atom. The molecule has 1 atom stereocenters. The van der Waals surface area contributed by atoms with Gasteiger partial charge in [-0.3, -0.25) is 4.57 Å². The molecule has 1 unspecified atom stereocenters. The van der Waals surface area contributed by atoms with Gasteiger partial charge in [0.15, 0.2) is 5.65 Å². The molecule has 0 saturated carbocycles. The van der Waals surface area contributed by atoms with Gasteiger partial charge in [0.2, 0.25) is 0 Å². The summed E-state index contributed by atoms with van der Waals surface area (Å²) in [6.45, 7) is 2.44. The Labute approximate surface area is 128 Å². The van der Waals surface area contributed by atoms with E-state index in [-0.39, 0.29) is 5.38 Å². The molecule has 0 aliphatic rings. The molecule has 0 bridgehead atoms. The van der Waals surface area contributed by atoms with Gasteiger partial charge in [-0.05, 0) is 25.1 Å². The van der Waals surface area contributed by atoms with Crippen LogP contribution in [0, 0.1) is 0 Å². The van der Waals surface area contributed by atoms with Crippen molar-refractivity contribution in [1.29, 1.82) is 0 Å². The number of halogens is 1. The summed E-state index contributed by atoms with van der Waals surface area (Å²) in [4.78, 5) is 9.08. The zero-order chi connectivity index (χ0) is 14.8. The molecular weight excluding hydrogens is 286 g/mol. The monoisotopic (exact) mass is 301 g/mol. The second kappa shape index (κ2) is 5.84. The third-order valence-electron chi connectivity index (χ3n) is 3.33. The van der Waals surface area contributed by atoms with Gasteiger partial charge in [0.05, 0.1) is 17.7 Å². The van der Waals surface area contributed by atoms with E-state index in [4.69, 9.17) is 16.3 Å². The lowest BCUT2D eigenvalue weighted by Crippen LogP contribution is -2.06. The number of para-hydroxylation sites is 1. The van der Waals surface area contributed by atoms with Gasteiger partial charge in [-0.15, -0.1) is 11.6 Å². The summed E-state index contributed by atoms with van der Waals surface area (Å²) in [7, 11) is 1.69. The van der Waals surface area contributed by atoms with Crippen LogP contribution in [-0.4, -0.2) is 21.6 Å². The van der Waals surface area contributed by atoms with Crippen molar-refractivity contribution in [3.05, 3.63) is 54.0 Å². The highest BCUT2D eigenvalue weighted by Gasteiger charge is 2.18. The van der Waals surface area contributed by atoms with Crippen molar-refractivity contribution in [2.75, 3.05) is 7.11 Å². The van der Waals surface area contributed by atoms with E-state index >= 15 is 0 Å². The molecule has 0 aliphatic heterocycles. The van der Waals surface area contributed by atoms with Crippen LogP contribution >= 0.6 is 11.6 Å². The van der Waals surface area contributed by atoms with Gasteiger partial charge in [0, 0.05) is 18.9 Å². The number of pyridine rings is 1. The van der Waals surface area contributed by atoms with Crippen molar-refractivity contribution in [2.24, 2.45) is 0 Å². The fourth-order valence-electron chi connectivity index (χ4n) is 2.44. The molecule has 3 aromatic rings. The normalized spacial score (nSPS) is 12.7. The topological polar surface area (TPSA) is 39.9 Å². The Hall–Kier alpha value is -1.91. The quantitative estimate of drug-likeness (QED) is 0.687. The number of rotatable bonds is 4. The van der Waals surface area contributed by atoms with Crippen LogP contribution in [-0.2, 0) is 11.3 Å². The van der Waals surface area contributed by atoms with E-state index in [0.29, 0.717) is 6.61 Å². The number of methoxy groups -OCH3 is 1. The van der Waals surface area contributed by atoms with Crippen LogP contribution in [0.3, 0.4) is 0 Å². The van der Waals surface area contributed by atoms with Gasteiger partial charge >= 0.3 is 0 Å². The number of aromatic nitrogens is 3. The highest BCUT2D eigenvalue weighted by molar-refractivity contribution is 6.20. The fourth-order valence-corrected chi connectivity index (χ4v) is 2.59. The molecule has 2 heterocycles. The average molecular weight is 302 g/mol. The van der Waals surface area contributed by atoms with Crippen molar-refractivity contribution in [2.45, 2.75) is 18.9 Å². The van der Waals surface area contributed by atoms with Crippen molar-refractivity contribution in [3.63, 3.8) is 0 Å². The van der Waals surface area contributed by atoms with E-state index < -0.39 is 0 Å². The van der Waals surface area contributed by atoms with Gasteiger partial charge in [-0.2, -0.15) is 0 Å². The molecule has 0 aliphatic carbocycles. The second-order valence-corrected chi connectivity index (χ2v) is 5.48. The Bertz CT molecular complexity index is 767. The number of nitrogens with zero attached hydrogens (tertiary/aromatic N) is 3. The molecule has 0 spiro atoms. The van der Waals surface area contributed by atoms with E-state index in [1.807, 2.05) is 47.9 Å². The first kappa shape index (κ1) is 14.0. The minimum atomic E-state index is -0.213. The van der Waals surface area contributed by atoms with E-state index in [1.54, 1.807) is 13.3 Å². The molecule has 0 radical (unpaired) electrons. The maximum Gasteiger partial charge on any atom is 0.164 e. The summed E-state index contributed by atoms with van der Waals surface area (Å²) in [5, 5.41) is -0.213. The van der Waals surface area contributed by atoms with Crippen LogP contribution in [0.25, 0.3) is 16.9 Å². The summed E-state index contributed by atoms with van der Waals surface area (Å²) in [5.74, 6) is 0.786. The lowest BCUT2D eigenvalue weighted by molar-refractivity contribution is 0.185. The summed E-state index contributed by atoms with van der Waals surface area (Å²) >= 11 is 6.32.